The van der Waals surface area contributed by atoms with Crippen LogP contribution >= 0.6 is 0 Å². The van der Waals surface area contributed by atoms with Crippen LogP contribution < -0.4 is 4.74 Å². The third-order valence-corrected chi connectivity index (χ3v) is 5.96. The van der Waals surface area contributed by atoms with E-state index >= 15 is 0 Å². The molecule has 0 unspecified atom stereocenters. The van der Waals surface area contributed by atoms with Gasteiger partial charge in [0.1, 0.15) is 11.9 Å². The Morgan fingerprint density at radius 3 is 2.45 bits per heavy atom. The summed E-state index contributed by atoms with van der Waals surface area (Å²) in [5.74, 6) is -0.870. The highest BCUT2D eigenvalue weighted by Crippen LogP contribution is 2.41. The molecular weight excluding hydrogens is 442 g/mol. The predicted molar refractivity (Wildman–Crippen MR) is 106 cm³/mol. The van der Waals surface area contributed by atoms with Crippen LogP contribution in [0.3, 0.4) is 0 Å². The van der Waals surface area contributed by atoms with Crippen molar-refractivity contribution in [3.8, 4) is 17.4 Å². The van der Waals surface area contributed by atoms with Gasteiger partial charge in [-0.05, 0) is 31.0 Å². The Balaban J connectivity index is 1.39. The number of nitrogens with zero attached hydrogens (tertiary/aromatic N) is 5. The number of aromatic nitrogens is 4. The molecule has 5 rings (SSSR count). The Hall–Kier alpha value is -3.63. The van der Waals surface area contributed by atoms with Crippen LogP contribution in [-0.4, -0.2) is 48.9 Å². The van der Waals surface area contributed by atoms with Crippen molar-refractivity contribution in [2.45, 2.75) is 43.6 Å². The molecule has 1 amide bonds. The molecule has 0 aliphatic carbocycles. The summed E-state index contributed by atoms with van der Waals surface area (Å²) in [6, 6.07) is 5.17. The average molecular weight is 459 g/mol. The summed E-state index contributed by atoms with van der Waals surface area (Å²) < 4.78 is 58.6. The fourth-order valence-corrected chi connectivity index (χ4v) is 4.53. The zero-order valence-corrected chi connectivity index (χ0v) is 17.0. The monoisotopic (exact) mass is 459 g/mol. The smallest absolute Gasteiger partial charge is 0.419 e. The zero-order chi connectivity index (χ0) is 23.2. The molecule has 170 valence electrons. The summed E-state index contributed by atoms with van der Waals surface area (Å²) in [6.45, 7) is 0. The van der Waals surface area contributed by atoms with Crippen LogP contribution in [0.2, 0.25) is 0 Å². The number of rotatable bonds is 4. The maximum atomic E-state index is 14.7. The molecule has 0 N–H and O–H groups in total. The van der Waals surface area contributed by atoms with E-state index < -0.39 is 23.7 Å². The lowest BCUT2D eigenvalue weighted by molar-refractivity contribution is -0.138. The number of halogens is 4. The van der Waals surface area contributed by atoms with E-state index in [1.807, 2.05) is 0 Å². The average Bonchev–Trinajstić information content (AvgIpc) is 3.36. The molecule has 3 aromatic rings. The number of amides is 1. The van der Waals surface area contributed by atoms with Crippen molar-refractivity contribution in [2.75, 3.05) is 0 Å². The molecule has 2 saturated heterocycles. The van der Waals surface area contributed by atoms with Gasteiger partial charge in [-0.1, -0.05) is 6.07 Å². The number of carbonyl (C=O) groups is 1. The largest absolute Gasteiger partial charge is 0.458 e. The molecule has 7 nitrogen and oxygen atoms in total. The Labute approximate surface area is 185 Å². The second-order valence-corrected chi connectivity index (χ2v) is 7.89. The van der Waals surface area contributed by atoms with Crippen LogP contribution in [0.25, 0.3) is 11.4 Å². The van der Waals surface area contributed by atoms with E-state index in [1.54, 1.807) is 11.0 Å². The Morgan fingerprint density at radius 2 is 1.76 bits per heavy atom. The van der Waals surface area contributed by atoms with Crippen LogP contribution in [0.15, 0.2) is 49.1 Å². The topological polar surface area (TPSA) is 81.1 Å². The van der Waals surface area contributed by atoms with Crippen LogP contribution in [0.4, 0.5) is 17.6 Å². The van der Waals surface area contributed by atoms with Crippen molar-refractivity contribution in [3.05, 3.63) is 66.0 Å². The summed E-state index contributed by atoms with van der Waals surface area (Å²) in [7, 11) is 0. The summed E-state index contributed by atoms with van der Waals surface area (Å²) in [4.78, 5) is 30.7. The van der Waals surface area contributed by atoms with Crippen LogP contribution in [0.1, 0.15) is 35.2 Å². The van der Waals surface area contributed by atoms with E-state index in [1.165, 1.54) is 30.6 Å². The fourth-order valence-electron chi connectivity index (χ4n) is 4.53. The molecule has 2 fully saturated rings. The molecule has 2 aliphatic rings. The normalized spacial score (nSPS) is 21.9. The maximum absolute atomic E-state index is 14.7. The zero-order valence-electron chi connectivity index (χ0n) is 17.0. The fraction of sp³-hybridized carbons (Fsp3) is 0.318. The van der Waals surface area contributed by atoms with Crippen molar-refractivity contribution in [1.82, 2.24) is 24.8 Å². The molecule has 3 atom stereocenters. The minimum absolute atomic E-state index is 0.0259. The minimum atomic E-state index is -4.54. The van der Waals surface area contributed by atoms with Crippen molar-refractivity contribution < 1.29 is 27.1 Å². The predicted octanol–water partition coefficient (Wildman–Crippen LogP) is 3.92. The lowest BCUT2D eigenvalue weighted by Gasteiger charge is -2.25. The number of alkyl halides is 3. The van der Waals surface area contributed by atoms with E-state index in [2.05, 4.69) is 19.9 Å². The van der Waals surface area contributed by atoms with Gasteiger partial charge in [-0.25, -0.2) is 24.3 Å². The standard InChI is InChI=1S/C22H17F4N5O2/c23-15-4-1-3-14(18(15)19-27-7-2-8-28-19)20(32)31-13-5-6-16(31)17(9-13)33-21-29-10-12(11-30-21)22(24,25)26/h1-4,7-8,10-11,13,16-17H,5-6,9H2/t13-,16+,17-/m1/s1. The van der Waals surface area contributed by atoms with E-state index in [0.29, 0.717) is 25.2 Å². The first-order valence-electron chi connectivity index (χ1n) is 10.3. The van der Waals surface area contributed by atoms with Gasteiger partial charge in [-0.2, -0.15) is 13.2 Å². The van der Waals surface area contributed by atoms with Crippen molar-refractivity contribution >= 4 is 5.91 Å². The molecule has 11 heteroatoms. The molecule has 2 aliphatic heterocycles. The van der Waals surface area contributed by atoms with Crippen molar-refractivity contribution in [3.63, 3.8) is 0 Å². The van der Waals surface area contributed by atoms with E-state index in [4.69, 9.17) is 4.74 Å². The Kier molecular flexibility index (Phi) is 5.18. The summed E-state index contributed by atoms with van der Waals surface area (Å²) in [5.41, 5.74) is -0.802. The highest BCUT2D eigenvalue weighted by molar-refractivity contribution is 6.01. The van der Waals surface area contributed by atoms with Crippen LogP contribution in [0, 0.1) is 5.82 Å². The number of fused-ring (bicyclic) bond motifs is 2. The molecule has 0 spiro atoms. The van der Waals surface area contributed by atoms with Gasteiger partial charge < -0.3 is 9.64 Å². The second kappa shape index (κ2) is 8.05. The molecule has 2 bridgehead atoms. The number of ether oxygens (including phenoxy) is 1. The molecule has 4 heterocycles. The quantitative estimate of drug-likeness (QED) is 0.551. The van der Waals surface area contributed by atoms with Gasteiger partial charge in [-0.3, -0.25) is 4.79 Å². The number of hydrogen-bond acceptors (Lipinski definition) is 6. The Bertz CT molecular complexity index is 1170. The van der Waals surface area contributed by atoms with Crippen LogP contribution in [0.5, 0.6) is 6.01 Å². The van der Waals surface area contributed by atoms with Gasteiger partial charge in [0, 0.05) is 37.3 Å². The molecule has 0 saturated carbocycles. The second-order valence-electron chi connectivity index (χ2n) is 7.89. The summed E-state index contributed by atoms with van der Waals surface area (Å²) in [5, 5.41) is 0. The van der Waals surface area contributed by atoms with Gasteiger partial charge in [-0.15, -0.1) is 0 Å². The van der Waals surface area contributed by atoms with Crippen molar-refractivity contribution in [2.24, 2.45) is 0 Å². The third-order valence-electron chi connectivity index (χ3n) is 5.96. The van der Waals surface area contributed by atoms with Gasteiger partial charge in [0.15, 0.2) is 5.82 Å². The third kappa shape index (κ3) is 3.87. The highest BCUT2D eigenvalue weighted by Gasteiger charge is 2.50. The lowest BCUT2D eigenvalue weighted by Crippen LogP contribution is -2.39. The van der Waals surface area contributed by atoms with Gasteiger partial charge in [0.25, 0.3) is 5.91 Å². The first-order valence-corrected chi connectivity index (χ1v) is 10.3. The number of hydrogen-bond donors (Lipinski definition) is 0. The summed E-state index contributed by atoms with van der Waals surface area (Å²) >= 11 is 0. The molecular formula is C22H17F4N5O2. The number of benzene rings is 1. The highest BCUT2D eigenvalue weighted by atomic mass is 19.4. The van der Waals surface area contributed by atoms with Crippen LogP contribution in [-0.2, 0) is 6.18 Å². The van der Waals surface area contributed by atoms with Gasteiger partial charge in [0.05, 0.1) is 22.7 Å². The molecule has 1 aromatic carbocycles. The SMILES string of the molecule is O=C(c1cccc(F)c1-c1ncccn1)N1[C@@H]2CC[C@H]1[C@H](Oc1ncc(C(F)(F)F)cn1)C2. The number of carbonyl (C=O) groups excluding carboxylic acids is 1. The van der Waals surface area contributed by atoms with Crippen molar-refractivity contribution in [1.29, 1.82) is 0 Å². The van der Waals surface area contributed by atoms with Gasteiger partial charge in [0.2, 0.25) is 0 Å². The summed E-state index contributed by atoms with van der Waals surface area (Å²) in [6.07, 6.45) is 1.12. The Morgan fingerprint density at radius 1 is 1.03 bits per heavy atom. The first kappa shape index (κ1) is 21.2. The molecule has 2 aromatic heterocycles. The van der Waals surface area contributed by atoms with Gasteiger partial charge >= 0.3 is 12.2 Å². The molecule has 0 radical (unpaired) electrons. The first-order chi connectivity index (χ1) is 15.8. The van der Waals surface area contributed by atoms with E-state index in [9.17, 15) is 22.4 Å². The molecule has 33 heavy (non-hydrogen) atoms. The van der Waals surface area contributed by atoms with E-state index in [0.717, 1.165) is 6.42 Å². The minimum Gasteiger partial charge on any atom is -0.458 e. The lowest BCUT2D eigenvalue weighted by atomic mass is 9.98. The maximum Gasteiger partial charge on any atom is 0.419 e. The van der Waals surface area contributed by atoms with E-state index in [-0.39, 0.29) is 41.0 Å².